The summed E-state index contributed by atoms with van der Waals surface area (Å²) in [4.78, 5) is 4.02. The van der Waals surface area contributed by atoms with E-state index in [0.29, 0.717) is 5.13 Å². The molecule has 9 heteroatoms. The van der Waals surface area contributed by atoms with Gasteiger partial charge in [-0.15, -0.1) is 11.3 Å². The molecular formula is C10H9BrClN3O2S2. The molecule has 19 heavy (non-hydrogen) atoms. The van der Waals surface area contributed by atoms with E-state index in [-0.39, 0.29) is 20.1 Å². The van der Waals surface area contributed by atoms with Crippen molar-refractivity contribution in [2.75, 3.05) is 10.5 Å². The maximum Gasteiger partial charge on any atom is 0.264 e. The number of benzene rings is 1. The van der Waals surface area contributed by atoms with Crippen molar-refractivity contribution in [2.24, 2.45) is 0 Å². The SMILES string of the molecule is Cc1csc(NS(=O)(=O)c2cc(Cl)cc(N)c2Br)n1. The number of rotatable bonds is 3. The van der Waals surface area contributed by atoms with Gasteiger partial charge in [-0.3, -0.25) is 4.72 Å². The molecule has 0 radical (unpaired) electrons. The van der Waals surface area contributed by atoms with Gasteiger partial charge in [-0.25, -0.2) is 13.4 Å². The molecule has 3 N–H and O–H groups in total. The zero-order valence-corrected chi connectivity index (χ0v) is 13.6. The average molecular weight is 383 g/mol. The van der Waals surface area contributed by atoms with Crippen LogP contribution in [0.25, 0.3) is 0 Å². The summed E-state index contributed by atoms with van der Waals surface area (Å²) >= 11 is 10.2. The van der Waals surface area contributed by atoms with E-state index >= 15 is 0 Å². The Morgan fingerprint density at radius 2 is 2.16 bits per heavy atom. The van der Waals surface area contributed by atoms with Crippen molar-refractivity contribution in [1.29, 1.82) is 0 Å². The minimum Gasteiger partial charge on any atom is -0.398 e. The first-order chi connectivity index (χ1) is 8.79. The number of anilines is 2. The summed E-state index contributed by atoms with van der Waals surface area (Å²) in [5, 5.41) is 2.29. The second-order valence-corrected chi connectivity index (χ2v) is 7.45. The highest BCUT2D eigenvalue weighted by molar-refractivity contribution is 9.10. The van der Waals surface area contributed by atoms with Crippen LogP contribution in [0, 0.1) is 6.92 Å². The third-order valence-corrected chi connectivity index (χ3v) is 5.90. The van der Waals surface area contributed by atoms with E-state index in [9.17, 15) is 8.42 Å². The summed E-state index contributed by atoms with van der Waals surface area (Å²) < 4.78 is 27.2. The number of nitrogens with zero attached hydrogens (tertiary/aromatic N) is 1. The number of hydrogen-bond donors (Lipinski definition) is 2. The van der Waals surface area contributed by atoms with Crippen molar-refractivity contribution < 1.29 is 8.42 Å². The molecule has 0 aliphatic heterocycles. The third-order valence-electron chi connectivity index (χ3n) is 2.16. The number of thiazole rings is 1. The predicted octanol–water partition coefficient (Wildman–Crippen LogP) is 3.25. The van der Waals surface area contributed by atoms with E-state index < -0.39 is 10.0 Å². The van der Waals surface area contributed by atoms with Gasteiger partial charge >= 0.3 is 0 Å². The average Bonchev–Trinajstić information content (AvgIpc) is 2.68. The molecule has 0 unspecified atom stereocenters. The number of nitrogens with one attached hydrogen (secondary N) is 1. The van der Waals surface area contributed by atoms with Gasteiger partial charge in [-0.2, -0.15) is 0 Å². The van der Waals surface area contributed by atoms with Crippen molar-refractivity contribution in [3.63, 3.8) is 0 Å². The Balaban J connectivity index is 2.45. The lowest BCUT2D eigenvalue weighted by Crippen LogP contribution is -2.14. The van der Waals surface area contributed by atoms with E-state index in [0.717, 1.165) is 5.69 Å². The van der Waals surface area contributed by atoms with Gasteiger partial charge < -0.3 is 5.73 Å². The Bertz CT molecular complexity index is 730. The summed E-state index contributed by atoms with van der Waals surface area (Å²) in [6, 6.07) is 2.79. The van der Waals surface area contributed by atoms with Gasteiger partial charge in [0, 0.05) is 16.1 Å². The van der Waals surface area contributed by atoms with Gasteiger partial charge in [0.25, 0.3) is 10.0 Å². The molecule has 1 heterocycles. The molecule has 1 aromatic carbocycles. The third kappa shape index (κ3) is 3.19. The fourth-order valence-corrected chi connectivity index (χ4v) is 4.58. The van der Waals surface area contributed by atoms with E-state index in [1.54, 1.807) is 12.3 Å². The minimum absolute atomic E-state index is 0.0228. The molecule has 0 fully saturated rings. The highest BCUT2D eigenvalue weighted by Gasteiger charge is 2.21. The first-order valence-electron chi connectivity index (χ1n) is 4.99. The normalized spacial score (nSPS) is 11.5. The summed E-state index contributed by atoms with van der Waals surface area (Å²) in [5.41, 5.74) is 6.67. The number of sulfonamides is 1. The van der Waals surface area contributed by atoms with Crippen molar-refractivity contribution in [3.05, 3.63) is 32.7 Å². The Hall–Kier alpha value is -0.830. The topological polar surface area (TPSA) is 85.1 Å². The molecule has 2 rings (SSSR count). The van der Waals surface area contributed by atoms with Gasteiger partial charge in [-0.1, -0.05) is 11.6 Å². The Labute approximate surface area is 128 Å². The largest absolute Gasteiger partial charge is 0.398 e. The summed E-state index contributed by atoms with van der Waals surface area (Å²) in [7, 11) is -3.79. The van der Waals surface area contributed by atoms with Crippen LogP contribution < -0.4 is 10.5 Å². The molecule has 0 amide bonds. The molecular weight excluding hydrogens is 374 g/mol. The second kappa shape index (κ2) is 5.28. The van der Waals surface area contributed by atoms with Crippen LogP contribution in [0.1, 0.15) is 5.69 Å². The lowest BCUT2D eigenvalue weighted by atomic mass is 10.3. The van der Waals surface area contributed by atoms with E-state index in [4.69, 9.17) is 17.3 Å². The van der Waals surface area contributed by atoms with Gasteiger partial charge in [-0.05, 0) is 35.0 Å². The number of aryl methyl sites for hydroxylation is 1. The van der Waals surface area contributed by atoms with Crippen LogP contribution in [0.2, 0.25) is 5.02 Å². The summed E-state index contributed by atoms with van der Waals surface area (Å²) in [6.45, 7) is 1.78. The Morgan fingerprint density at radius 1 is 1.47 bits per heavy atom. The van der Waals surface area contributed by atoms with Gasteiger partial charge in [0.05, 0.1) is 10.2 Å². The number of halogens is 2. The fraction of sp³-hybridized carbons (Fsp3) is 0.100. The summed E-state index contributed by atoms with van der Waals surface area (Å²) in [6.07, 6.45) is 0. The second-order valence-electron chi connectivity index (χ2n) is 3.71. The number of hydrogen-bond acceptors (Lipinski definition) is 5. The fourth-order valence-electron chi connectivity index (χ4n) is 1.35. The molecule has 0 saturated heterocycles. The molecule has 0 saturated carbocycles. The quantitative estimate of drug-likeness (QED) is 0.798. The highest BCUT2D eigenvalue weighted by atomic mass is 79.9. The lowest BCUT2D eigenvalue weighted by molar-refractivity contribution is 0.601. The first-order valence-corrected chi connectivity index (χ1v) is 8.52. The Morgan fingerprint density at radius 3 is 2.74 bits per heavy atom. The van der Waals surface area contributed by atoms with E-state index in [1.807, 2.05) is 0 Å². The monoisotopic (exact) mass is 381 g/mol. The molecule has 102 valence electrons. The predicted molar refractivity (Wildman–Crippen MR) is 81.2 cm³/mol. The molecule has 0 aliphatic carbocycles. The van der Waals surface area contributed by atoms with Crippen LogP contribution in [-0.2, 0) is 10.0 Å². The van der Waals surface area contributed by atoms with Gasteiger partial charge in [0.1, 0.15) is 4.90 Å². The van der Waals surface area contributed by atoms with Crippen molar-refractivity contribution in [3.8, 4) is 0 Å². The smallest absolute Gasteiger partial charge is 0.264 e. The van der Waals surface area contributed by atoms with Crippen LogP contribution in [0.15, 0.2) is 26.9 Å². The van der Waals surface area contributed by atoms with E-state index in [1.165, 1.54) is 23.5 Å². The van der Waals surface area contributed by atoms with Crippen molar-refractivity contribution >= 4 is 59.7 Å². The zero-order chi connectivity index (χ0) is 14.2. The Kier molecular flexibility index (Phi) is 4.05. The first kappa shape index (κ1) is 14.6. The van der Waals surface area contributed by atoms with Crippen LogP contribution in [0.5, 0.6) is 0 Å². The zero-order valence-electron chi connectivity index (χ0n) is 9.65. The lowest BCUT2D eigenvalue weighted by Gasteiger charge is -2.09. The van der Waals surface area contributed by atoms with Crippen molar-refractivity contribution in [2.45, 2.75) is 11.8 Å². The van der Waals surface area contributed by atoms with E-state index in [2.05, 4.69) is 25.6 Å². The molecule has 1 aromatic heterocycles. The van der Waals surface area contributed by atoms with Crippen LogP contribution in [0.4, 0.5) is 10.8 Å². The number of nitrogens with two attached hydrogens (primary N) is 1. The standard InChI is InChI=1S/C10H9BrClN3O2S2/c1-5-4-18-10(14-5)15-19(16,17)8-3-6(12)2-7(13)9(8)11/h2-4H,13H2,1H3,(H,14,15). The molecule has 0 aliphatic rings. The molecule has 0 bridgehead atoms. The molecule has 0 atom stereocenters. The number of nitrogen functional groups attached to an aromatic ring is 1. The summed E-state index contributed by atoms with van der Waals surface area (Å²) in [5.74, 6) is 0. The van der Waals surface area contributed by atoms with Crippen LogP contribution in [-0.4, -0.2) is 13.4 Å². The van der Waals surface area contributed by atoms with Crippen LogP contribution in [0.3, 0.4) is 0 Å². The highest BCUT2D eigenvalue weighted by Crippen LogP contribution is 2.32. The molecule has 2 aromatic rings. The molecule has 5 nitrogen and oxygen atoms in total. The maximum absolute atomic E-state index is 12.2. The maximum atomic E-state index is 12.2. The number of aromatic nitrogens is 1. The van der Waals surface area contributed by atoms with Gasteiger partial charge in [0.15, 0.2) is 5.13 Å². The van der Waals surface area contributed by atoms with Crippen molar-refractivity contribution in [1.82, 2.24) is 4.98 Å². The minimum atomic E-state index is -3.79. The van der Waals surface area contributed by atoms with Gasteiger partial charge in [0.2, 0.25) is 0 Å². The van der Waals surface area contributed by atoms with Crippen LogP contribution >= 0.6 is 38.9 Å². The molecule has 0 spiro atoms.